The van der Waals surface area contributed by atoms with Crippen molar-refractivity contribution < 1.29 is 0 Å². The van der Waals surface area contributed by atoms with Crippen LogP contribution in [0.1, 0.15) is 35.6 Å². The lowest BCUT2D eigenvalue weighted by Crippen LogP contribution is -2.24. The predicted molar refractivity (Wildman–Crippen MR) is 218 cm³/mol. The molecular formula is C48H36N4. The summed E-state index contributed by atoms with van der Waals surface area (Å²) in [5.41, 5.74) is 14.8. The van der Waals surface area contributed by atoms with E-state index in [4.69, 9.17) is 16.5 Å². The molecule has 0 spiro atoms. The molecule has 0 bridgehead atoms. The molecule has 0 unspecified atom stereocenters. The first-order valence-electron chi connectivity index (χ1n) is 18.1. The van der Waals surface area contributed by atoms with E-state index in [0.29, 0.717) is 12.4 Å². The van der Waals surface area contributed by atoms with Crippen LogP contribution < -0.4 is 4.90 Å². The number of anilines is 2. The van der Waals surface area contributed by atoms with Gasteiger partial charge in [-0.2, -0.15) is 0 Å². The van der Waals surface area contributed by atoms with Crippen molar-refractivity contribution in [1.82, 2.24) is 14.5 Å². The molecular weight excluding hydrogens is 633 g/mol. The number of rotatable bonds is 5. The van der Waals surface area contributed by atoms with Gasteiger partial charge in [-0.25, -0.2) is 9.97 Å². The quantitative estimate of drug-likeness (QED) is 0.183. The minimum atomic E-state index is 0.632. The molecule has 1 aliphatic heterocycles. The van der Waals surface area contributed by atoms with E-state index in [1.165, 1.54) is 44.2 Å². The number of para-hydroxylation sites is 2. The van der Waals surface area contributed by atoms with Crippen LogP contribution in [-0.4, -0.2) is 14.5 Å². The van der Waals surface area contributed by atoms with Crippen LogP contribution in [0.15, 0.2) is 152 Å². The van der Waals surface area contributed by atoms with Crippen LogP contribution in [0.4, 0.5) is 11.6 Å². The van der Waals surface area contributed by atoms with Crippen LogP contribution in [0, 0.1) is 0 Å². The molecule has 0 saturated heterocycles. The second-order valence-corrected chi connectivity index (χ2v) is 13.8. The van der Waals surface area contributed by atoms with Gasteiger partial charge in [-0.3, -0.25) is 4.90 Å². The van der Waals surface area contributed by atoms with E-state index in [2.05, 4.69) is 168 Å². The number of nitrogens with zero attached hydrogens (tertiary/aromatic N) is 4. The molecule has 0 atom stereocenters. The number of allylic oxidation sites excluding steroid dienone is 3. The van der Waals surface area contributed by atoms with E-state index in [-0.39, 0.29) is 0 Å². The molecule has 8 aromatic rings. The third kappa shape index (κ3) is 4.83. The van der Waals surface area contributed by atoms with E-state index in [1.54, 1.807) is 0 Å². The Morgan fingerprint density at radius 3 is 2.42 bits per heavy atom. The average molecular weight is 669 g/mol. The Hall–Kier alpha value is -6.52. The van der Waals surface area contributed by atoms with Crippen molar-refractivity contribution in [1.29, 1.82) is 0 Å². The Labute approximate surface area is 303 Å². The number of fused-ring (bicyclic) bond motifs is 4. The molecule has 6 aromatic carbocycles. The first kappa shape index (κ1) is 30.3. The number of hydrogen-bond acceptors (Lipinski definition) is 3. The Bertz CT molecular complexity index is 2780. The summed E-state index contributed by atoms with van der Waals surface area (Å²) in [6, 6.07) is 43.6. The first-order chi connectivity index (χ1) is 25.6. The molecule has 3 heterocycles. The molecule has 0 saturated carbocycles. The summed E-state index contributed by atoms with van der Waals surface area (Å²) in [7, 11) is 0. The lowest BCUT2D eigenvalue weighted by atomic mass is 9.89. The average Bonchev–Trinajstić information content (AvgIpc) is 3.62. The molecule has 0 radical (unpaired) electrons. The van der Waals surface area contributed by atoms with Gasteiger partial charge in [0, 0.05) is 45.7 Å². The molecule has 2 aromatic heterocycles. The maximum Gasteiger partial charge on any atom is 0.235 e. The highest BCUT2D eigenvalue weighted by molar-refractivity contribution is 6.16. The monoisotopic (exact) mass is 668 g/mol. The van der Waals surface area contributed by atoms with E-state index in [9.17, 15) is 0 Å². The van der Waals surface area contributed by atoms with Gasteiger partial charge in [-0.1, -0.05) is 116 Å². The van der Waals surface area contributed by atoms with Crippen molar-refractivity contribution in [2.24, 2.45) is 0 Å². The maximum atomic E-state index is 5.42. The first-order valence-corrected chi connectivity index (χ1v) is 18.1. The zero-order valence-electron chi connectivity index (χ0n) is 29.1. The van der Waals surface area contributed by atoms with Crippen molar-refractivity contribution in [3.63, 3.8) is 0 Å². The van der Waals surface area contributed by atoms with E-state index >= 15 is 0 Å². The van der Waals surface area contributed by atoms with Crippen LogP contribution in [0.2, 0.25) is 0 Å². The maximum absolute atomic E-state index is 5.42. The standard InChI is InChI=1S/C48H36N4/c1-3-11-34-21-25-38-30-44-41(26-27-51(44)39-14-5-4-6-15-39)47-45(38)42(34)28-31(2)52(47)48-49-43-17-10-9-16-40(43)46(50-48)35-22-18-33(19-23-35)37-24-20-32-12-7-8-13-36(32)29-37/h3-6,8-11,13-27,29-30H,2,7,12,28H2,1H3/b11-3-. The SMILES string of the molecule is C=C1Cc2c(/C=C\C)ccc3cc4c(ccn4-c4ccccc4)c(c23)N1c1nc(-c2ccc(-c3ccc4c(c3)C=CCC4)cc2)c2ccccc2n1. The minimum absolute atomic E-state index is 0.632. The Morgan fingerprint density at radius 1 is 0.750 bits per heavy atom. The van der Waals surface area contributed by atoms with Crippen LogP contribution in [-0.2, 0) is 12.8 Å². The Morgan fingerprint density at radius 2 is 1.56 bits per heavy atom. The fraction of sp³-hybridized carbons (Fsp3) is 0.0833. The molecule has 4 heteroatoms. The van der Waals surface area contributed by atoms with Gasteiger partial charge in [-0.15, -0.1) is 0 Å². The van der Waals surface area contributed by atoms with Crippen LogP contribution >= 0.6 is 0 Å². The summed E-state index contributed by atoms with van der Waals surface area (Å²) in [5, 5.41) is 4.57. The van der Waals surface area contributed by atoms with Crippen molar-refractivity contribution in [2.45, 2.75) is 26.2 Å². The fourth-order valence-corrected chi connectivity index (χ4v) is 8.22. The van der Waals surface area contributed by atoms with Crippen molar-refractivity contribution in [3.8, 4) is 28.1 Å². The lowest BCUT2D eigenvalue weighted by Gasteiger charge is -2.33. The highest BCUT2D eigenvalue weighted by Crippen LogP contribution is 2.48. The van der Waals surface area contributed by atoms with Gasteiger partial charge < -0.3 is 4.57 Å². The molecule has 0 N–H and O–H groups in total. The van der Waals surface area contributed by atoms with Crippen LogP contribution in [0.5, 0.6) is 0 Å². The zero-order chi connectivity index (χ0) is 34.8. The van der Waals surface area contributed by atoms with E-state index in [0.717, 1.165) is 63.0 Å². The second kappa shape index (κ2) is 12.1. The summed E-state index contributed by atoms with van der Waals surface area (Å²) in [6.07, 6.45) is 13.9. The summed E-state index contributed by atoms with van der Waals surface area (Å²) in [4.78, 5) is 12.9. The Kier molecular flexibility index (Phi) is 7.03. The van der Waals surface area contributed by atoms with Gasteiger partial charge in [0.1, 0.15) is 0 Å². The van der Waals surface area contributed by atoms with Crippen LogP contribution in [0.25, 0.3) is 72.8 Å². The van der Waals surface area contributed by atoms with E-state index in [1.807, 2.05) is 0 Å². The number of hydrogen-bond donors (Lipinski definition) is 0. The number of aryl methyl sites for hydroxylation is 1. The Balaban J connectivity index is 1.17. The van der Waals surface area contributed by atoms with Crippen molar-refractivity contribution in [2.75, 3.05) is 4.90 Å². The van der Waals surface area contributed by atoms with Crippen molar-refractivity contribution >= 4 is 56.4 Å². The minimum Gasteiger partial charge on any atom is -0.316 e. The predicted octanol–water partition coefficient (Wildman–Crippen LogP) is 12.3. The van der Waals surface area contributed by atoms with Crippen molar-refractivity contribution in [3.05, 3.63) is 174 Å². The molecule has 248 valence electrons. The number of aromatic nitrogens is 3. The molecule has 2 aliphatic rings. The van der Waals surface area contributed by atoms with Gasteiger partial charge in [0.15, 0.2) is 0 Å². The molecule has 0 fully saturated rings. The largest absolute Gasteiger partial charge is 0.316 e. The molecule has 0 amide bonds. The fourth-order valence-electron chi connectivity index (χ4n) is 8.22. The molecule has 1 aliphatic carbocycles. The zero-order valence-corrected chi connectivity index (χ0v) is 29.1. The summed E-state index contributed by atoms with van der Waals surface area (Å²) < 4.78 is 2.27. The highest BCUT2D eigenvalue weighted by atomic mass is 15.3. The number of benzene rings is 6. The molecule has 52 heavy (non-hydrogen) atoms. The summed E-state index contributed by atoms with van der Waals surface area (Å²) in [6.45, 7) is 6.77. The molecule has 10 rings (SSSR count). The lowest BCUT2D eigenvalue weighted by molar-refractivity contribution is 0.986. The highest BCUT2D eigenvalue weighted by Gasteiger charge is 2.30. The van der Waals surface area contributed by atoms with Gasteiger partial charge >= 0.3 is 0 Å². The summed E-state index contributed by atoms with van der Waals surface area (Å²) >= 11 is 0. The van der Waals surface area contributed by atoms with Gasteiger partial charge in [0.05, 0.1) is 22.4 Å². The van der Waals surface area contributed by atoms with Gasteiger partial charge in [-0.05, 0) is 94.9 Å². The summed E-state index contributed by atoms with van der Waals surface area (Å²) in [5.74, 6) is 0.632. The third-order valence-electron chi connectivity index (χ3n) is 10.7. The van der Waals surface area contributed by atoms with Gasteiger partial charge in [0.25, 0.3) is 0 Å². The van der Waals surface area contributed by atoms with E-state index < -0.39 is 0 Å². The molecule has 4 nitrogen and oxygen atoms in total. The topological polar surface area (TPSA) is 34.0 Å². The van der Waals surface area contributed by atoms with Crippen LogP contribution in [0.3, 0.4) is 0 Å². The third-order valence-corrected chi connectivity index (χ3v) is 10.7. The smallest absolute Gasteiger partial charge is 0.235 e. The normalized spacial score (nSPS) is 13.9. The second-order valence-electron chi connectivity index (χ2n) is 13.8. The van der Waals surface area contributed by atoms with Gasteiger partial charge in [0.2, 0.25) is 5.95 Å².